The van der Waals surface area contributed by atoms with Gasteiger partial charge in [-0.05, 0) is 112 Å². The molecule has 0 fully saturated rings. The van der Waals surface area contributed by atoms with Gasteiger partial charge in [-0.25, -0.2) is 0 Å². The van der Waals surface area contributed by atoms with Gasteiger partial charge in [0, 0.05) is 71.9 Å². The Morgan fingerprint density at radius 1 is 0.295 bits per heavy atom. The fourth-order valence-corrected chi connectivity index (χ4v) is 13.5. The average Bonchev–Trinajstić information content (AvgIpc) is 4.25. The molecule has 362 valence electrons. The number of benzene rings is 12. The molecule has 3 aromatic heterocycles. The predicted octanol–water partition coefficient (Wildman–Crippen LogP) is 17.2. The van der Waals surface area contributed by atoms with Crippen molar-refractivity contribution >= 4 is 123 Å². The first kappa shape index (κ1) is 43.0. The summed E-state index contributed by atoms with van der Waals surface area (Å²) in [5, 5.41) is 7.08. The van der Waals surface area contributed by atoms with E-state index < -0.39 is 0 Å². The van der Waals surface area contributed by atoms with Gasteiger partial charge in [0.2, 0.25) is 0 Å². The number of furan rings is 1. The lowest BCUT2D eigenvalue weighted by molar-refractivity contribution is 0.669. The smallest absolute Gasteiger partial charge is 0.252 e. The second kappa shape index (κ2) is 16.6. The molecule has 0 unspecified atom stereocenters. The Labute approximate surface area is 450 Å². The van der Waals surface area contributed by atoms with Crippen molar-refractivity contribution in [1.29, 1.82) is 0 Å². The van der Waals surface area contributed by atoms with Crippen LogP contribution >= 0.6 is 0 Å². The topological polar surface area (TPSA) is 29.5 Å². The second-order valence-corrected chi connectivity index (χ2v) is 20.7. The minimum Gasteiger partial charge on any atom is -0.454 e. The lowest BCUT2D eigenvalue weighted by atomic mass is 9.33. The minimum atomic E-state index is -0.251. The molecule has 0 aliphatic carbocycles. The van der Waals surface area contributed by atoms with Gasteiger partial charge < -0.3 is 23.4 Å². The van der Waals surface area contributed by atoms with Crippen LogP contribution in [0.25, 0.3) is 99.2 Å². The van der Waals surface area contributed by atoms with Crippen LogP contribution in [-0.2, 0) is 0 Å². The molecule has 0 saturated heterocycles. The SMILES string of the molecule is c1ccc(-c2ccccc2N2c3ccc(-n4c5ccccc5c5ccccc54)cc3B3c4cc(-n5c6ccccc6c6ccccc65)ccc4N(c4ccccc4-c4ccccc4)c4c3c2cc2c4oc3ccccc32)cc1. The zero-order chi connectivity index (χ0) is 51.0. The van der Waals surface area contributed by atoms with Crippen molar-refractivity contribution in [2.24, 2.45) is 0 Å². The Hall–Kier alpha value is -10.3. The first-order chi connectivity index (χ1) is 38.7. The Balaban J connectivity index is 1.05. The molecule has 2 aliphatic rings. The summed E-state index contributed by atoms with van der Waals surface area (Å²) in [6.45, 7) is -0.251. The van der Waals surface area contributed by atoms with Crippen molar-refractivity contribution in [2.75, 3.05) is 9.80 Å². The molecule has 78 heavy (non-hydrogen) atoms. The molecule has 17 rings (SSSR count). The normalized spacial score (nSPS) is 12.8. The molecular weight excluding hydrogens is 948 g/mol. The van der Waals surface area contributed by atoms with Gasteiger partial charge in [-0.1, -0.05) is 188 Å². The molecule has 12 aromatic carbocycles. The fourth-order valence-electron chi connectivity index (χ4n) is 13.5. The van der Waals surface area contributed by atoms with Crippen molar-refractivity contribution in [1.82, 2.24) is 9.13 Å². The first-order valence-corrected chi connectivity index (χ1v) is 26.9. The Morgan fingerprint density at radius 3 is 1.22 bits per heavy atom. The van der Waals surface area contributed by atoms with E-state index in [1.54, 1.807) is 0 Å². The Kier molecular flexibility index (Phi) is 9.15. The van der Waals surface area contributed by atoms with Crippen LogP contribution in [-0.4, -0.2) is 15.8 Å². The summed E-state index contributed by atoms with van der Waals surface area (Å²) in [4.78, 5) is 5.10. The van der Waals surface area contributed by atoms with Crippen molar-refractivity contribution < 1.29 is 4.42 Å². The van der Waals surface area contributed by atoms with Gasteiger partial charge in [-0.2, -0.15) is 0 Å². The minimum absolute atomic E-state index is 0.251. The van der Waals surface area contributed by atoms with Crippen LogP contribution in [0.4, 0.5) is 34.1 Å². The second-order valence-electron chi connectivity index (χ2n) is 20.7. The summed E-state index contributed by atoms with van der Waals surface area (Å²) in [6.07, 6.45) is 0. The van der Waals surface area contributed by atoms with E-state index >= 15 is 0 Å². The van der Waals surface area contributed by atoms with Crippen LogP contribution in [0.2, 0.25) is 0 Å². The number of fused-ring (bicyclic) bond motifs is 14. The largest absolute Gasteiger partial charge is 0.454 e. The summed E-state index contributed by atoms with van der Waals surface area (Å²) < 4.78 is 12.3. The number of para-hydroxylation sites is 7. The van der Waals surface area contributed by atoms with E-state index in [0.717, 1.165) is 89.7 Å². The molecule has 2 aliphatic heterocycles. The molecule has 5 heterocycles. The van der Waals surface area contributed by atoms with Crippen LogP contribution in [0.5, 0.6) is 0 Å². The van der Waals surface area contributed by atoms with Crippen molar-refractivity contribution in [3.63, 3.8) is 0 Å². The number of aromatic nitrogens is 2. The van der Waals surface area contributed by atoms with Crippen LogP contribution in [0.1, 0.15) is 0 Å². The highest BCUT2D eigenvalue weighted by atomic mass is 16.3. The molecule has 5 nitrogen and oxygen atoms in total. The first-order valence-electron chi connectivity index (χ1n) is 26.9. The molecule has 0 bridgehead atoms. The molecule has 0 amide bonds. The predicted molar refractivity (Wildman–Crippen MR) is 327 cm³/mol. The fraction of sp³-hybridized carbons (Fsp3) is 0. The van der Waals surface area contributed by atoms with E-state index in [2.05, 4.69) is 292 Å². The molecule has 0 radical (unpaired) electrons. The maximum absolute atomic E-state index is 7.35. The summed E-state index contributed by atoms with van der Waals surface area (Å²) in [7, 11) is 0. The number of rotatable bonds is 6. The lowest BCUT2D eigenvalue weighted by Gasteiger charge is -2.45. The average molecular weight is 993 g/mol. The van der Waals surface area contributed by atoms with Gasteiger partial charge in [0.25, 0.3) is 6.71 Å². The molecule has 0 N–H and O–H groups in total. The zero-order valence-corrected chi connectivity index (χ0v) is 42.3. The monoisotopic (exact) mass is 992 g/mol. The molecule has 0 spiro atoms. The summed E-state index contributed by atoms with van der Waals surface area (Å²) in [6, 6.07) is 100. The van der Waals surface area contributed by atoms with Crippen molar-refractivity contribution in [3.05, 3.63) is 273 Å². The third-order valence-corrected chi connectivity index (χ3v) is 16.7. The van der Waals surface area contributed by atoms with Crippen LogP contribution in [0.15, 0.2) is 277 Å². The quantitative estimate of drug-likeness (QED) is 0.156. The van der Waals surface area contributed by atoms with Crippen LogP contribution in [0, 0.1) is 0 Å². The highest BCUT2D eigenvalue weighted by Crippen LogP contribution is 2.52. The number of nitrogens with zero attached hydrogens (tertiary/aromatic N) is 4. The molecule has 0 saturated carbocycles. The van der Waals surface area contributed by atoms with Gasteiger partial charge in [-0.3, -0.25) is 0 Å². The van der Waals surface area contributed by atoms with Gasteiger partial charge in [-0.15, -0.1) is 0 Å². The maximum atomic E-state index is 7.35. The van der Waals surface area contributed by atoms with Crippen molar-refractivity contribution in [3.8, 4) is 33.6 Å². The zero-order valence-electron chi connectivity index (χ0n) is 42.3. The lowest BCUT2D eigenvalue weighted by Crippen LogP contribution is -2.61. The summed E-state index contributed by atoms with van der Waals surface area (Å²) in [5.41, 5.74) is 23.4. The Bertz CT molecular complexity index is 4720. The van der Waals surface area contributed by atoms with E-state index in [9.17, 15) is 0 Å². The van der Waals surface area contributed by atoms with E-state index in [1.807, 2.05) is 0 Å². The number of anilines is 6. The Morgan fingerprint density at radius 2 is 0.705 bits per heavy atom. The van der Waals surface area contributed by atoms with Gasteiger partial charge >= 0.3 is 0 Å². The third kappa shape index (κ3) is 6.08. The summed E-state index contributed by atoms with van der Waals surface area (Å²) >= 11 is 0. The van der Waals surface area contributed by atoms with Crippen molar-refractivity contribution in [2.45, 2.75) is 0 Å². The van der Waals surface area contributed by atoms with Gasteiger partial charge in [0.1, 0.15) is 5.58 Å². The molecule has 15 aromatic rings. The number of hydrogen-bond acceptors (Lipinski definition) is 3. The van der Waals surface area contributed by atoms with E-state index in [4.69, 9.17) is 4.42 Å². The van der Waals surface area contributed by atoms with Gasteiger partial charge in [0.15, 0.2) is 5.58 Å². The number of hydrogen-bond donors (Lipinski definition) is 0. The van der Waals surface area contributed by atoms with Gasteiger partial charge in [0.05, 0.1) is 39.1 Å². The highest BCUT2D eigenvalue weighted by molar-refractivity contribution is 7.00. The molecule has 6 heteroatoms. The molecular formula is C72H45BN4O. The molecule has 0 atom stereocenters. The van der Waals surface area contributed by atoms with E-state index in [1.165, 1.54) is 60.0 Å². The highest BCUT2D eigenvalue weighted by Gasteiger charge is 2.46. The summed E-state index contributed by atoms with van der Waals surface area (Å²) in [5.74, 6) is 0. The maximum Gasteiger partial charge on any atom is 0.252 e. The van der Waals surface area contributed by atoms with Crippen LogP contribution < -0.4 is 26.2 Å². The third-order valence-electron chi connectivity index (χ3n) is 16.7. The standard InChI is InChI=1S/C72H45BN4O/c1-3-21-46(22-4-1)50-25-7-14-32-60(50)76-66-41-39-48(74-62-34-16-9-27-52(62)53-28-10-17-35-63(53)74)43-58(66)73-59-44-49(75-64-36-18-11-29-54(64)55-30-12-19-37-65(55)75)40-42-67(59)77(61-33-15-8-26-51(61)47-23-5-2-6-24-47)71-70(73)68(76)45-57-56-31-13-20-38-69(56)78-72(57)71/h1-45H. The van der Waals surface area contributed by atoms with E-state index in [-0.39, 0.29) is 6.71 Å². The van der Waals surface area contributed by atoms with Crippen LogP contribution in [0.3, 0.4) is 0 Å². The van der Waals surface area contributed by atoms with E-state index in [0.29, 0.717) is 0 Å².